The van der Waals surface area contributed by atoms with E-state index in [1.165, 1.54) is 0 Å². The van der Waals surface area contributed by atoms with Crippen molar-refractivity contribution < 1.29 is 4.79 Å². The zero-order chi connectivity index (χ0) is 15.6. The van der Waals surface area contributed by atoms with Crippen LogP contribution in [0, 0.1) is 5.41 Å². The highest BCUT2D eigenvalue weighted by atomic mass is 35.5. The molecule has 21 heavy (non-hydrogen) atoms. The van der Waals surface area contributed by atoms with Crippen molar-refractivity contribution in [3.05, 3.63) is 23.4 Å². The summed E-state index contributed by atoms with van der Waals surface area (Å²) in [4.78, 5) is 20.9. The van der Waals surface area contributed by atoms with E-state index in [1.807, 2.05) is 44.9 Å². The fourth-order valence-corrected chi connectivity index (χ4v) is 2.84. The van der Waals surface area contributed by atoms with Gasteiger partial charge in [0.1, 0.15) is 5.82 Å². The normalized spacial score (nSPS) is 16.9. The molecule has 1 aliphatic heterocycles. The average Bonchev–Trinajstić information content (AvgIpc) is 2.46. The van der Waals surface area contributed by atoms with E-state index in [0.717, 1.165) is 31.7 Å². The molecule has 1 fully saturated rings. The number of anilines is 1. The van der Waals surface area contributed by atoms with Gasteiger partial charge in [0.15, 0.2) is 0 Å². The minimum atomic E-state index is -0.316. The molecule has 2 rings (SSSR count). The van der Waals surface area contributed by atoms with Crippen LogP contribution in [0.4, 0.5) is 5.82 Å². The second kappa shape index (κ2) is 6.22. The van der Waals surface area contributed by atoms with Gasteiger partial charge in [-0.3, -0.25) is 4.79 Å². The first-order chi connectivity index (χ1) is 9.79. The maximum Gasteiger partial charge on any atom is 0.227 e. The highest BCUT2D eigenvalue weighted by Crippen LogP contribution is 2.24. The Bertz CT molecular complexity index is 487. The number of carbonyl (C=O) groups excluding carboxylic acids is 1. The summed E-state index contributed by atoms with van der Waals surface area (Å²) >= 11 is 5.87. The molecule has 0 saturated carbocycles. The minimum Gasteiger partial charge on any atom is -0.356 e. The first kappa shape index (κ1) is 16.1. The van der Waals surface area contributed by atoms with Crippen LogP contribution in [0.3, 0.4) is 0 Å². The van der Waals surface area contributed by atoms with Crippen LogP contribution in [-0.4, -0.2) is 42.0 Å². The van der Waals surface area contributed by atoms with Crippen LogP contribution in [0.2, 0.25) is 5.02 Å². The van der Waals surface area contributed by atoms with E-state index in [-0.39, 0.29) is 11.3 Å². The second-order valence-electron chi connectivity index (χ2n) is 6.72. The monoisotopic (exact) mass is 309 g/mol. The molecule has 0 aliphatic carbocycles. The Morgan fingerprint density at radius 3 is 2.43 bits per heavy atom. The predicted octanol–water partition coefficient (Wildman–Crippen LogP) is 3.21. The molecule has 116 valence electrons. The van der Waals surface area contributed by atoms with Gasteiger partial charge in [-0.15, -0.1) is 0 Å². The molecule has 1 aromatic rings. The summed E-state index contributed by atoms with van der Waals surface area (Å²) in [5.74, 6) is 1.17. The summed E-state index contributed by atoms with van der Waals surface area (Å²) < 4.78 is 0. The molecule has 0 unspecified atom stereocenters. The van der Waals surface area contributed by atoms with Gasteiger partial charge in [0.2, 0.25) is 5.91 Å². The van der Waals surface area contributed by atoms with Crippen molar-refractivity contribution in [2.45, 2.75) is 39.7 Å². The number of rotatable bonds is 2. The molecule has 0 N–H and O–H groups in total. The SMILES string of the molecule is CN(C(=O)C(C)(C)C)C1CCN(c2ccc(Cl)cn2)CC1. The van der Waals surface area contributed by atoms with Crippen LogP contribution < -0.4 is 4.90 Å². The van der Waals surface area contributed by atoms with Crippen molar-refractivity contribution in [1.82, 2.24) is 9.88 Å². The van der Waals surface area contributed by atoms with Gasteiger partial charge in [-0.25, -0.2) is 4.98 Å². The smallest absolute Gasteiger partial charge is 0.227 e. The maximum atomic E-state index is 12.3. The molecule has 2 heterocycles. The molecule has 0 radical (unpaired) electrons. The summed E-state index contributed by atoms with van der Waals surface area (Å²) in [7, 11) is 1.93. The summed E-state index contributed by atoms with van der Waals surface area (Å²) in [5.41, 5.74) is -0.316. The number of aromatic nitrogens is 1. The molecule has 1 saturated heterocycles. The Balaban J connectivity index is 1.94. The third kappa shape index (κ3) is 3.88. The largest absolute Gasteiger partial charge is 0.356 e. The van der Waals surface area contributed by atoms with E-state index < -0.39 is 0 Å². The summed E-state index contributed by atoms with van der Waals surface area (Å²) in [6.45, 7) is 7.75. The molecule has 0 spiro atoms. The van der Waals surface area contributed by atoms with Crippen LogP contribution in [0.15, 0.2) is 18.3 Å². The molecule has 1 amide bonds. The Morgan fingerprint density at radius 1 is 1.33 bits per heavy atom. The van der Waals surface area contributed by atoms with Crippen LogP contribution in [-0.2, 0) is 4.79 Å². The fourth-order valence-electron chi connectivity index (χ4n) is 2.73. The number of nitrogens with zero attached hydrogens (tertiary/aromatic N) is 3. The van der Waals surface area contributed by atoms with Crippen molar-refractivity contribution >= 4 is 23.3 Å². The van der Waals surface area contributed by atoms with Crippen molar-refractivity contribution in [1.29, 1.82) is 0 Å². The highest BCUT2D eigenvalue weighted by molar-refractivity contribution is 6.30. The second-order valence-corrected chi connectivity index (χ2v) is 7.16. The fraction of sp³-hybridized carbons (Fsp3) is 0.625. The quantitative estimate of drug-likeness (QED) is 0.841. The van der Waals surface area contributed by atoms with Crippen molar-refractivity contribution in [2.75, 3.05) is 25.0 Å². The van der Waals surface area contributed by atoms with E-state index in [1.54, 1.807) is 6.20 Å². The van der Waals surface area contributed by atoms with E-state index in [4.69, 9.17) is 11.6 Å². The average molecular weight is 310 g/mol. The Morgan fingerprint density at radius 2 is 1.95 bits per heavy atom. The molecular formula is C16H24ClN3O. The summed E-state index contributed by atoms with van der Waals surface area (Å²) in [5, 5.41) is 0.657. The van der Waals surface area contributed by atoms with Gasteiger partial charge >= 0.3 is 0 Å². The molecular weight excluding hydrogens is 286 g/mol. The Labute approximate surface area is 132 Å². The zero-order valence-electron chi connectivity index (χ0n) is 13.3. The van der Waals surface area contributed by atoms with Crippen molar-refractivity contribution in [3.63, 3.8) is 0 Å². The van der Waals surface area contributed by atoms with Crippen molar-refractivity contribution in [2.24, 2.45) is 5.41 Å². The zero-order valence-corrected chi connectivity index (χ0v) is 14.0. The van der Waals surface area contributed by atoms with Gasteiger partial charge < -0.3 is 9.80 Å². The third-order valence-corrected chi connectivity index (χ3v) is 4.23. The van der Waals surface area contributed by atoms with Gasteiger partial charge in [0, 0.05) is 37.8 Å². The molecule has 0 atom stereocenters. The lowest BCUT2D eigenvalue weighted by molar-refractivity contribution is -0.140. The van der Waals surface area contributed by atoms with E-state index in [2.05, 4.69) is 9.88 Å². The number of hydrogen-bond acceptors (Lipinski definition) is 3. The molecule has 4 nitrogen and oxygen atoms in total. The summed E-state index contributed by atoms with van der Waals surface area (Å²) in [6, 6.07) is 4.14. The predicted molar refractivity (Wildman–Crippen MR) is 86.7 cm³/mol. The lowest BCUT2D eigenvalue weighted by atomic mass is 9.92. The minimum absolute atomic E-state index is 0.213. The van der Waals surface area contributed by atoms with Gasteiger partial charge in [-0.05, 0) is 25.0 Å². The molecule has 0 bridgehead atoms. The highest BCUT2D eigenvalue weighted by Gasteiger charge is 2.31. The Kier molecular flexibility index (Phi) is 4.77. The standard InChI is InChI=1S/C16H24ClN3O/c1-16(2,3)15(21)19(4)13-7-9-20(10-8-13)14-6-5-12(17)11-18-14/h5-6,11,13H,7-10H2,1-4H3. The third-order valence-electron chi connectivity index (χ3n) is 4.01. The maximum absolute atomic E-state index is 12.3. The molecule has 5 heteroatoms. The van der Waals surface area contributed by atoms with Crippen LogP contribution in [0.1, 0.15) is 33.6 Å². The molecule has 1 aliphatic rings. The van der Waals surface area contributed by atoms with Crippen LogP contribution in [0.5, 0.6) is 0 Å². The van der Waals surface area contributed by atoms with Crippen LogP contribution in [0.25, 0.3) is 0 Å². The Hall–Kier alpha value is -1.29. The van der Waals surface area contributed by atoms with E-state index in [0.29, 0.717) is 11.1 Å². The van der Waals surface area contributed by atoms with E-state index in [9.17, 15) is 4.79 Å². The lowest BCUT2D eigenvalue weighted by Gasteiger charge is -2.39. The first-order valence-corrected chi connectivity index (χ1v) is 7.80. The number of pyridine rings is 1. The topological polar surface area (TPSA) is 36.4 Å². The number of halogens is 1. The number of carbonyl (C=O) groups is 1. The summed E-state index contributed by atoms with van der Waals surface area (Å²) in [6.07, 6.45) is 3.63. The molecule has 1 aromatic heterocycles. The van der Waals surface area contributed by atoms with Crippen LogP contribution >= 0.6 is 11.6 Å². The van der Waals surface area contributed by atoms with Gasteiger partial charge in [-0.2, -0.15) is 0 Å². The first-order valence-electron chi connectivity index (χ1n) is 7.43. The van der Waals surface area contributed by atoms with Gasteiger partial charge in [-0.1, -0.05) is 32.4 Å². The lowest BCUT2D eigenvalue weighted by Crippen LogP contribution is -2.48. The molecule has 0 aromatic carbocycles. The van der Waals surface area contributed by atoms with Crippen molar-refractivity contribution in [3.8, 4) is 0 Å². The van der Waals surface area contributed by atoms with E-state index >= 15 is 0 Å². The number of amides is 1. The van der Waals surface area contributed by atoms with Gasteiger partial charge in [0.05, 0.1) is 5.02 Å². The number of hydrogen-bond donors (Lipinski definition) is 0. The van der Waals surface area contributed by atoms with Gasteiger partial charge in [0.25, 0.3) is 0 Å². The number of piperidine rings is 1.